The molecular formula is C21H22ClN3O2. The average Bonchev–Trinajstić information content (AvgIpc) is 2.80. The van der Waals surface area contributed by atoms with Crippen molar-refractivity contribution >= 4 is 28.9 Å². The van der Waals surface area contributed by atoms with Crippen molar-refractivity contribution < 1.29 is 9.53 Å². The predicted octanol–water partition coefficient (Wildman–Crippen LogP) is 4.12. The zero-order valence-corrected chi connectivity index (χ0v) is 16.2. The smallest absolute Gasteiger partial charge is 0.153 e. The van der Waals surface area contributed by atoms with Crippen molar-refractivity contribution in [3.05, 3.63) is 53.1 Å². The Hall–Kier alpha value is -2.37. The van der Waals surface area contributed by atoms with Crippen molar-refractivity contribution in [2.75, 3.05) is 26.7 Å². The highest BCUT2D eigenvalue weighted by Crippen LogP contribution is 2.39. The SMILES string of the molecule is CC(=O)CC1CN(C2=Nc3cc(Cl)ccc3Oc3ccccc32)CCN1C. The van der Waals surface area contributed by atoms with Gasteiger partial charge in [-0.05, 0) is 44.3 Å². The highest BCUT2D eigenvalue weighted by atomic mass is 35.5. The van der Waals surface area contributed by atoms with E-state index in [1.165, 1.54) is 0 Å². The first-order chi connectivity index (χ1) is 13.0. The second-order valence-electron chi connectivity index (χ2n) is 7.13. The van der Waals surface area contributed by atoms with E-state index in [2.05, 4.69) is 16.8 Å². The van der Waals surface area contributed by atoms with Gasteiger partial charge in [-0.1, -0.05) is 23.7 Å². The first kappa shape index (κ1) is 18.0. The lowest BCUT2D eigenvalue weighted by Crippen LogP contribution is -2.53. The summed E-state index contributed by atoms with van der Waals surface area (Å²) in [5.41, 5.74) is 1.67. The largest absolute Gasteiger partial charge is 0.454 e. The molecule has 1 fully saturated rings. The standard InChI is InChI=1S/C21H22ClN3O2/c1-14(26)11-16-13-25(10-9-24(16)2)21-17-5-3-4-6-19(17)27-20-8-7-15(22)12-18(20)23-21/h3-8,12,16H,9-11,13H2,1-2H3. The fraction of sp³-hybridized carbons (Fsp3) is 0.333. The van der Waals surface area contributed by atoms with Crippen LogP contribution < -0.4 is 4.74 Å². The van der Waals surface area contributed by atoms with Crippen LogP contribution in [0.5, 0.6) is 11.5 Å². The van der Waals surface area contributed by atoms with E-state index in [0.717, 1.165) is 42.5 Å². The van der Waals surface area contributed by atoms with Gasteiger partial charge in [0.2, 0.25) is 0 Å². The van der Waals surface area contributed by atoms with E-state index in [-0.39, 0.29) is 11.8 Å². The number of carbonyl (C=O) groups is 1. The third-order valence-corrected chi connectivity index (χ3v) is 5.33. The van der Waals surface area contributed by atoms with Gasteiger partial charge >= 0.3 is 0 Å². The highest BCUT2D eigenvalue weighted by Gasteiger charge is 2.30. The van der Waals surface area contributed by atoms with Crippen LogP contribution in [0.4, 0.5) is 5.69 Å². The van der Waals surface area contributed by atoms with Gasteiger partial charge in [-0.3, -0.25) is 9.69 Å². The Morgan fingerprint density at radius 3 is 2.85 bits per heavy atom. The van der Waals surface area contributed by atoms with Crippen LogP contribution in [0.15, 0.2) is 47.5 Å². The number of hydrogen-bond donors (Lipinski definition) is 0. The van der Waals surface area contributed by atoms with Crippen LogP contribution in [0, 0.1) is 0 Å². The molecule has 2 heterocycles. The highest BCUT2D eigenvalue weighted by molar-refractivity contribution is 6.31. The number of halogens is 1. The van der Waals surface area contributed by atoms with E-state index in [1.807, 2.05) is 42.5 Å². The number of fused-ring (bicyclic) bond motifs is 2. The van der Waals surface area contributed by atoms with Gasteiger partial charge in [0.05, 0.1) is 5.56 Å². The van der Waals surface area contributed by atoms with E-state index in [1.54, 1.807) is 6.92 Å². The number of benzene rings is 2. The summed E-state index contributed by atoms with van der Waals surface area (Å²) in [7, 11) is 2.08. The summed E-state index contributed by atoms with van der Waals surface area (Å²) in [6, 6.07) is 13.6. The number of aliphatic imine (C=N–C) groups is 1. The number of ketones is 1. The molecule has 0 aliphatic carbocycles. The molecule has 0 amide bonds. The number of amidine groups is 1. The molecular weight excluding hydrogens is 362 g/mol. The lowest BCUT2D eigenvalue weighted by molar-refractivity contribution is -0.118. The number of Topliss-reactive ketones (excluding diaryl/α,β-unsaturated/α-hetero) is 1. The van der Waals surface area contributed by atoms with Crippen molar-refractivity contribution in [1.82, 2.24) is 9.80 Å². The molecule has 0 bridgehead atoms. The van der Waals surface area contributed by atoms with E-state index in [0.29, 0.717) is 17.2 Å². The van der Waals surface area contributed by atoms with Crippen molar-refractivity contribution in [2.45, 2.75) is 19.4 Å². The van der Waals surface area contributed by atoms with Crippen LogP contribution in [-0.4, -0.2) is 54.1 Å². The summed E-state index contributed by atoms with van der Waals surface area (Å²) < 4.78 is 6.13. The molecule has 0 radical (unpaired) electrons. The number of rotatable bonds is 2. The molecule has 140 valence electrons. The Morgan fingerprint density at radius 2 is 2.04 bits per heavy atom. The number of nitrogens with zero attached hydrogens (tertiary/aromatic N) is 3. The minimum absolute atomic E-state index is 0.175. The van der Waals surface area contributed by atoms with Crippen LogP contribution >= 0.6 is 11.6 Å². The molecule has 2 aromatic rings. The second kappa shape index (κ2) is 7.33. The zero-order chi connectivity index (χ0) is 19.0. The molecule has 2 aliphatic rings. The monoisotopic (exact) mass is 383 g/mol. The summed E-state index contributed by atoms with van der Waals surface area (Å²) >= 11 is 6.19. The first-order valence-corrected chi connectivity index (χ1v) is 9.49. The number of ether oxygens (including phenoxy) is 1. The zero-order valence-electron chi connectivity index (χ0n) is 15.5. The molecule has 5 nitrogen and oxygen atoms in total. The summed E-state index contributed by atoms with van der Waals surface area (Å²) in [6.45, 7) is 4.12. The lowest BCUT2D eigenvalue weighted by Gasteiger charge is -2.40. The van der Waals surface area contributed by atoms with Crippen molar-refractivity contribution in [1.29, 1.82) is 0 Å². The van der Waals surface area contributed by atoms with Gasteiger partial charge in [0.25, 0.3) is 0 Å². The van der Waals surface area contributed by atoms with Crippen LogP contribution in [0.3, 0.4) is 0 Å². The summed E-state index contributed by atoms with van der Waals surface area (Å²) in [4.78, 5) is 21.1. The van der Waals surface area contributed by atoms with E-state index >= 15 is 0 Å². The molecule has 4 rings (SSSR count). The molecule has 0 spiro atoms. The molecule has 0 N–H and O–H groups in total. The van der Waals surface area contributed by atoms with Gasteiger partial charge in [-0.25, -0.2) is 4.99 Å². The maximum absolute atomic E-state index is 11.7. The van der Waals surface area contributed by atoms with Gasteiger partial charge < -0.3 is 9.64 Å². The van der Waals surface area contributed by atoms with Crippen LogP contribution in [-0.2, 0) is 4.79 Å². The lowest BCUT2D eigenvalue weighted by atomic mass is 10.0. The molecule has 1 atom stereocenters. The molecule has 0 aromatic heterocycles. The average molecular weight is 384 g/mol. The fourth-order valence-electron chi connectivity index (χ4n) is 3.63. The number of para-hydroxylation sites is 1. The third-order valence-electron chi connectivity index (χ3n) is 5.09. The summed E-state index contributed by atoms with van der Waals surface area (Å²) in [5, 5.41) is 0.624. The molecule has 27 heavy (non-hydrogen) atoms. The number of likely N-dealkylation sites (N-methyl/N-ethyl adjacent to an activating group) is 1. The number of hydrogen-bond acceptors (Lipinski definition) is 5. The van der Waals surface area contributed by atoms with Crippen molar-refractivity contribution in [3.63, 3.8) is 0 Å². The molecule has 2 aliphatic heterocycles. The van der Waals surface area contributed by atoms with Crippen molar-refractivity contribution in [2.24, 2.45) is 4.99 Å². The van der Waals surface area contributed by atoms with Gasteiger partial charge in [0, 0.05) is 37.1 Å². The maximum Gasteiger partial charge on any atom is 0.153 e. The molecule has 6 heteroatoms. The Morgan fingerprint density at radius 1 is 1.22 bits per heavy atom. The minimum Gasteiger partial charge on any atom is -0.454 e. The Labute approximate surface area is 164 Å². The van der Waals surface area contributed by atoms with Gasteiger partial charge in [-0.2, -0.15) is 0 Å². The van der Waals surface area contributed by atoms with Gasteiger partial charge in [-0.15, -0.1) is 0 Å². The van der Waals surface area contributed by atoms with E-state index in [4.69, 9.17) is 21.3 Å². The topological polar surface area (TPSA) is 45.1 Å². The summed E-state index contributed by atoms with van der Waals surface area (Å²) in [5.74, 6) is 2.54. The summed E-state index contributed by atoms with van der Waals surface area (Å²) in [6.07, 6.45) is 0.543. The molecule has 0 saturated carbocycles. The van der Waals surface area contributed by atoms with Crippen LogP contribution in [0.25, 0.3) is 0 Å². The molecule has 2 aromatic carbocycles. The Bertz CT molecular complexity index is 912. The Kier molecular flexibility index (Phi) is 4.89. The normalized spacial score (nSPS) is 19.4. The minimum atomic E-state index is 0.175. The van der Waals surface area contributed by atoms with Gasteiger partial charge in [0.15, 0.2) is 5.75 Å². The first-order valence-electron chi connectivity index (χ1n) is 9.11. The van der Waals surface area contributed by atoms with Crippen LogP contribution in [0.1, 0.15) is 18.9 Å². The predicted molar refractivity (Wildman–Crippen MR) is 107 cm³/mol. The van der Waals surface area contributed by atoms with E-state index < -0.39 is 0 Å². The van der Waals surface area contributed by atoms with E-state index in [9.17, 15) is 4.79 Å². The second-order valence-corrected chi connectivity index (χ2v) is 7.57. The number of piperazine rings is 1. The Balaban J connectivity index is 1.76. The van der Waals surface area contributed by atoms with Gasteiger partial charge in [0.1, 0.15) is 23.1 Å². The third kappa shape index (κ3) is 3.70. The molecule has 1 unspecified atom stereocenters. The van der Waals surface area contributed by atoms with Crippen LogP contribution in [0.2, 0.25) is 5.02 Å². The fourth-order valence-corrected chi connectivity index (χ4v) is 3.80. The maximum atomic E-state index is 11.7. The van der Waals surface area contributed by atoms with Crippen molar-refractivity contribution in [3.8, 4) is 11.5 Å². The molecule has 1 saturated heterocycles. The number of carbonyl (C=O) groups excluding carboxylic acids is 1. The quantitative estimate of drug-likeness (QED) is 0.782.